The Morgan fingerprint density at radius 3 is 2.59 bits per heavy atom. The van der Waals surface area contributed by atoms with Gasteiger partial charge in [0.25, 0.3) is 0 Å². The summed E-state index contributed by atoms with van der Waals surface area (Å²) in [7, 11) is 1.64. The predicted molar refractivity (Wildman–Crippen MR) is 140 cm³/mol. The minimum atomic E-state index is -4.61. The number of ether oxygens (including phenoxy) is 1. The van der Waals surface area contributed by atoms with Crippen LogP contribution in [0.2, 0.25) is 0 Å². The van der Waals surface area contributed by atoms with Gasteiger partial charge in [0.2, 0.25) is 0 Å². The fourth-order valence-electron chi connectivity index (χ4n) is 9.77. The van der Waals surface area contributed by atoms with Crippen molar-refractivity contribution in [3.8, 4) is 0 Å². The van der Waals surface area contributed by atoms with E-state index in [-0.39, 0.29) is 53.8 Å². The van der Waals surface area contributed by atoms with Crippen LogP contribution in [0.1, 0.15) is 70.3 Å². The maximum atomic E-state index is 13.8. The lowest BCUT2D eigenvalue weighted by atomic mass is 9.43. The van der Waals surface area contributed by atoms with Gasteiger partial charge in [-0.25, -0.2) is 0 Å². The molecule has 39 heavy (non-hydrogen) atoms. The first-order chi connectivity index (χ1) is 18.4. The zero-order valence-corrected chi connectivity index (χ0v) is 23.1. The number of nitrogens with zero attached hydrogens (tertiary/aromatic N) is 3. The van der Waals surface area contributed by atoms with Gasteiger partial charge >= 0.3 is 6.18 Å². The molecule has 0 bridgehead atoms. The smallest absolute Gasteiger partial charge is 0.384 e. The third kappa shape index (κ3) is 4.16. The fraction of sp³-hybridized carbons (Fsp3) is 0.767. The van der Waals surface area contributed by atoms with Gasteiger partial charge < -0.3 is 9.84 Å². The molecular formula is C30H40F3N3O3. The van der Waals surface area contributed by atoms with E-state index in [9.17, 15) is 23.1 Å². The van der Waals surface area contributed by atoms with Gasteiger partial charge in [0.05, 0.1) is 6.61 Å². The van der Waals surface area contributed by atoms with Gasteiger partial charge in [0.15, 0.2) is 11.4 Å². The highest BCUT2D eigenvalue weighted by Gasteiger charge is 2.66. The lowest BCUT2D eigenvalue weighted by Gasteiger charge is -2.62. The summed E-state index contributed by atoms with van der Waals surface area (Å²) in [5.41, 5.74) is -0.372. The number of aryl methyl sites for hydroxylation is 1. The Hall–Kier alpha value is -2.00. The van der Waals surface area contributed by atoms with Crippen molar-refractivity contribution in [3.63, 3.8) is 0 Å². The van der Waals surface area contributed by atoms with E-state index in [0.29, 0.717) is 31.3 Å². The Morgan fingerprint density at radius 1 is 1.08 bits per heavy atom. The van der Waals surface area contributed by atoms with E-state index in [0.717, 1.165) is 48.7 Å². The molecule has 0 aliphatic heterocycles. The van der Waals surface area contributed by atoms with Gasteiger partial charge in [-0.05, 0) is 117 Å². The van der Waals surface area contributed by atoms with E-state index in [1.807, 2.05) is 25.1 Å². The first-order valence-electron chi connectivity index (χ1n) is 14.5. The van der Waals surface area contributed by atoms with Gasteiger partial charge in [0, 0.05) is 13.0 Å². The molecule has 0 unspecified atom stereocenters. The maximum absolute atomic E-state index is 13.8. The summed E-state index contributed by atoms with van der Waals surface area (Å²) in [6, 6.07) is 5.90. The number of rotatable bonds is 5. The topological polar surface area (TPSA) is 77.2 Å². The summed E-state index contributed by atoms with van der Waals surface area (Å²) in [5.74, 6) is 0.933. The molecule has 1 N–H and O–H groups in total. The molecule has 4 aliphatic carbocycles. The zero-order valence-electron chi connectivity index (χ0n) is 23.1. The molecule has 6 nitrogen and oxygen atoms in total. The van der Waals surface area contributed by atoms with Crippen LogP contribution in [0.15, 0.2) is 18.2 Å². The fourth-order valence-corrected chi connectivity index (χ4v) is 9.77. The number of halogens is 3. The molecule has 4 aliphatic rings. The molecule has 4 fully saturated rings. The van der Waals surface area contributed by atoms with Gasteiger partial charge in [0.1, 0.15) is 17.6 Å². The van der Waals surface area contributed by atoms with Crippen LogP contribution in [0.25, 0.3) is 11.0 Å². The van der Waals surface area contributed by atoms with Gasteiger partial charge in [-0.3, -0.25) is 4.79 Å². The number of hydrogen-bond acceptors (Lipinski definition) is 5. The average molecular weight is 548 g/mol. The van der Waals surface area contributed by atoms with E-state index in [2.05, 4.69) is 17.1 Å². The molecule has 9 heteroatoms. The van der Waals surface area contributed by atoms with E-state index in [4.69, 9.17) is 4.74 Å². The number of benzene rings is 1. The Morgan fingerprint density at radius 2 is 1.85 bits per heavy atom. The minimum Gasteiger partial charge on any atom is -0.384 e. The molecule has 8 atom stereocenters. The number of aromatic nitrogens is 3. The molecule has 1 aromatic carbocycles. The molecule has 0 radical (unpaired) electrons. The Labute approximate surface area is 227 Å². The normalized spacial score (nSPS) is 40.2. The second kappa shape index (κ2) is 9.26. The lowest BCUT2D eigenvalue weighted by Crippen LogP contribution is -2.61. The summed E-state index contributed by atoms with van der Waals surface area (Å²) in [6.45, 7) is 4.89. The highest BCUT2D eigenvalue weighted by molar-refractivity contribution is 5.82. The number of aliphatic hydroxyl groups is 1. The van der Waals surface area contributed by atoms with Crippen LogP contribution in [-0.4, -0.2) is 51.4 Å². The van der Waals surface area contributed by atoms with Crippen LogP contribution in [0.3, 0.4) is 0 Å². The van der Waals surface area contributed by atoms with Crippen LogP contribution < -0.4 is 0 Å². The minimum absolute atomic E-state index is 0.0583. The Balaban J connectivity index is 1.22. The zero-order chi connectivity index (χ0) is 27.8. The number of alkyl halides is 3. The standard InChI is InChI=1S/C30H40F3N3O3/c1-18-4-9-24-25(14-18)35-36(34-24)16-26(37)23-8-7-21-20-6-5-19-15-29(38,30(31,32)33)13-12-28(19,17-39-3)22(20)10-11-27(21,23)2/h4,9,14,19-23,38H,5-8,10-13,15-17H2,1-3H3/t19-,20+,21+,22+,23-,27+,28-,29-/m1/s1. The lowest BCUT2D eigenvalue weighted by molar-refractivity contribution is -0.294. The van der Waals surface area contributed by atoms with Crippen molar-refractivity contribution in [2.45, 2.75) is 90.0 Å². The summed E-state index contributed by atoms with van der Waals surface area (Å²) >= 11 is 0. The first kappa shape index (κ1) is 27.2. The van der Waals surface area contributed by atoms with E-state index in [1.54, 1.807) is 7.11 Å². The van der Waals surface area contributed by atoms with Crippen LogP contribution in [-0.2, 0) is 16.1 Å². The van der Waals surface area contributed by atoms with Crippen molar-refractivity contribution < 1.29 is 27.8 Å². The van der Waals surface area contributed by atoms with Crippen LogP contribution in [0.5, 0.6) is 0 Å². The van der Waals surface area contributed by atoms with Gasteiger partial charge in [-0.15, -0.1) is 0 Å². The molecule has 1 aromatic heterocycles. The first-order valence-corrected chi connectivity index (χ1v) is 14.5. The molecule has 2 aromatic rings. The molecule has 1 heterocycles. The van der Waals surface area contributed by atoms with Crippen molar-refractivity contribution in [1.82, 2.24) is 15.0 Å². The summed E-state index contributed by atoms with van der Waals surface area (Å²) in [5, 5.41) is 19.7. The number of methoxy groups -OCH3 is 1. The van der Waals surface area contributed by atoms with Gasteiger partial charge in [-0.2, -0.15) is 28.2 Å². The van der Waals surface area contributed by atoms with Crippen LogP contribution in [0, 0.1) is 47.3 Å². The number of carbonyl (C=O) groups excluding carboxylic acids is 1. The number of fused-ring (bicyclic) bond motifs is 6. The third-order valence-corrected chi connectivity index (χ3v) is 11.6. The Bertz CT molecular complexity index is 1260. The largest absolute Gasteiger partial charge is 0.417 e. The monoisotopic (exact) mass is 547 g/mol. The van der Waals surface area contributed by atoms with Crippen molar-refractivity contribution >= 4 is 16.8 Å². The molecule has 0 amide bonds. The summed E-state index contributed by atoms with van der Waals surface area (Å²) < 4.78 is 47.1. The number of carbonyl (C=O) groups is 1. The number of Topliss-reactive ketones (excluding diaryl/α,β-unsaturated/α-hetero) is 1. The number of hydrogen-bond donors (Lipinski definition) is 1. The maximum Gasteiger partial charge on any atom is 0.417 e. The third-order valence-electron chi connectivity index (χ3n) is 11.6. The van der Waals surface area contributed by atoms with E-state index >= 15 is 0 Å². The quantitative estimate of drug-likeness (QED) is 0.505. The second-order valence-electron chi connectivity index (χ2n) is 13.4. The highest BCUT2D eigenvalue weighted by Crippen LogP contribution is 2.69. The van der Waals surface area contributed by atoms with Crippen molar-refractivity contribution in [3.05, 3.63) is 23.8 Å². The van der Waals surface area contributed by atoms with E-state index < -0.39 is 11.8 Å². The second-order valence-corrected chi connectivity index (χ2v) is 13.4. The van der Waals surface area contributed by atoms with E-state index in [1.165, 1.54) is 4.80 Å². The number of ketones is 1. The SMILES string of the molecule is COC[C@]12CC[C@](O)(C(F)(F)F)C[C@H]1CC[C@H]1[C@@H]3CC[C@H](C(=O)Cn4nc5ccc(C)cc5n4)[C@@]3(C)CC[C@@H]12. The molecule has 214 valence electrons. The summed E-state index contributed by atoms with van der Waals surface area (Å²) in [4.78, 5) is 15.2. The van der Waals surface area contributed by atoms with Gasteiger partial charge in [-0.1, -0.05) is 13.0 Å². The molecular weight excluding hydrogens is 507 g/mol. The Kier molecular flexibility index (Phi) is 6.46. The summed E-state index contributed by atoms with van der Waals surface area (Å²) in [6.07, 6.45) is 0.399. The molecule has 0 saturated heterocycles. The van der Waals surface area contributed by atoms with Crippen LogP contribution in [0.4, 0.5) is 13.2 Å². The average Bonchev–Trinajstić information content (AvgIpc) is 3.43. The highest BCUT2D eigenvalue weighted by atomic mass is 19.4. The van der Waals surface area contributed by atoms with Crippen molar-refractivity contribution in [2.24, 2.45) is 40.4 Å². The predicted octanol–water partition coefficient (Wildman–Crippen LogP) is 5.89. The molecule has 6 rings (SSSR count). The molecule has 0 spiro atoms. The molecule has 4 saturated carbocycles. The van der Waals surface area contributed by atoms with Crippen molar-refractivity contribution in [2.75, 3.05) is 13.7 Å². The van der Waals surface area contributed by atoms with Crippen LogP contribution >= 0.6 is 0 Å². The van der Waals surface area contributed by atoms with Crippen molar-refractivity contribution in [1.29, 1.82) is 0 Å².